The van der Waals surface area contributed by atoms with E-state index in [1.807, 2.05) is 43.3 Å². The van der Waals surface area contributed by atoms with Crippen LogP contribution in [0, 0.1) is 6.92 Å². The number of nitrogens with one attached hydrogen (secondary N) is 3. The van der Waals surface area contributed by atoms with Gasteiger partial charge in [-0.25, -0.2) is 9.78 Å². The Labute approximate surface area is 142 Å². The van der Waals surface area contributed by atoms with Gasteiger partial charge in [0.1, 0.15) is 5.82 Å². The average Bonchev–Trinajstić information content (AvgIpc) is 2.98. The van der Waals surface area contributed by atoms with Crippen molar-refractivity contribution in [1.82, 2.24) is 15.0 Å². The molecule has 0 atom stereocenters. The van der Waals surface area contributed by atoms with Crippen LogP contribution in [0.1, 0.15) is 5.56 Å². The van der Waals surface area contributed by atoms with Gasteiger partial charge in [-0.1, -0.05) is 18.2 Å². The van der Waals surface area contributed by atoms with Crippen LogP contribution in [0.5, 0.6) is 0 Å². The first-order valence-electron chi connectivity index (χ1n) is 7.73. The second kappa shape index (κ2) is 6.12. The monoisotopic (exact) mass is 333 g/mol. The van der Waals surface area contributed by atoms with Crippen molar-refractivity contribution in [1.29, 1.82) is 0 Å². The SMILES string of the molecule is Cc1cnc(Nc2ccccc2)nc1Nc1ccc2oc(=O)[nH]c2c1. The van der Waals surface area contributed by atoms with Crippen molar-refractivity contribution in [3.8, 4) is 0 Å². The van der Waals surface area contributed by atoms with E-state index in [2.05, 4.69) is 25.6 Å². The second-order valence-corrected chi connectivity index (χ2v) is 5.57. The van der Waals surface area contributed by atoms with Crippen LogP contribution < -0.4 is 16.4 Å². The predicted octanol–water partition coefficient (Wildman–Crippen LogP) is 3.71. The third-order valence-corrected chi connectivity index (χ3v) is 3.68. The summed E-state index contributed by atoms with van der Waals surface area (Å²) in [4.78, 5) is 22.7. The summed E-state index contributed by atoms with van der Waals surface area (Å²) in [5.74, 6) is 0.704. The molecule has 4 rings (SSSR count). The molecule has 2 aromatic carbocycles. The van der Waals surface area contributed by atoms with Gasteiger partial charge in [0.25, 0.3) is 0 Å². The fourth-order valence-electron chi connectivity index (χ4n) is 2.45. The Bertz CT molecular complexity index is 1090. The number of nitrogens with zero attached hydrogens (tertiary/aromatic N) is 2. The number of H-pyrrole nitrogens is 1. The molecule has 0 bridgehead atoms. The second-order valence-electron chi connectivity index (χ2n) is 5.57. The van der Waals surface area contributed by atoms with E-state index in [-0.39, 0.29) is 0 Å². The quantitative estimate of drug-likeness (QED) is 0.527. The van der Waals surface area contributed by atoms with E-state index < -0.39 is 5.76 Å². The molecule has 2 heterocycles. The Morgan fingerprint density at radius 3 is 2.72 bits per heavy atom. The summed E-state index contributed by atoms with van der Waals surface area (Å²) < 4.78 is 5.01. The highest BCUT2D eigenvalue weighted by Crippen LogP contribution is 2.23. The minimum atomic E-state index is -0.472. The molecule has 0 aliphatic carbocycles. The van der Waals surface area contributed by atoms with E-state index >= 15 is 0 Å². The van der Waals surface area contributed by atoms with Crippen molar-refractivity contribution < 1.29 is 4.42 Å². The number of rotatable bonds is 4. The summed E-state index contributed by atoms with van der Waals surface area (Å²) in [6.07, 6.45) is 1.75. The lowest BCUT2D eigenvalue weighted by atomic mass is 10.2. The van der Waals surface area contributed by atoms with Crippen LogP contribution in [0.15, 0.2) is 63.9 Å². The Morgan fingerprint density at radius 1 is 1.04 bits per heavy atom. The van der Waals surface area contributed by atoms with Gasteiger partial charge in [-0.3, -0.25) is 4.98 Å². The zero-order valence-corrected chi connectivity index (χ0v) is 13.4. The third kappa shape index (κ3) is 3.20. The van der Waals surface area contributed by atoms with Gasteiger partial charge in [-0.05, 0) is 37.3 Å². The summed E-state index contributed by atoms with van der Waals surface area (Å²) in [5.41, 5.74) is 3.75. The number of aromatic nitrogens is 3. The summed E-state index contributed by atoms with van der Waals surface area (Å²) in [7, 11) is 0. The minimum Gasteiger partial charge on any atom is -0.408 e. The molecule has 7 nitrogen and oxygen atoms in total. The Hall–Kier alpha value is -3.61. The van der Waals surface area contributed by atoms with E-state index in [1.54, 1.807) is 18.3 Å². The molecule has 2 aromatic heterocycles. The molecule has 7 heteroatoms. The van der Waals surface area contributed by atoms with Gasteiger partial charge in [-0.15, -0.1) is 0 Å². The summed E-state index contributed by atoms with van der Waals surface area (Å²) >= 11 is 0. The maximum Gasteiger partial charge on any atom is 0.417 e. The van der Waals surface area contributed by atoms with E-state index in [0.29, 0.717) is 22.9 Å². The van der Waals surface area contributed by atoms with E-state index in [4.69, 9.17) is 4.42 Å². The zero-order valence-electron chi connectivity index (χ0n) is 13.4. The summed E-state index contributed by atoms with van der Waals surface area (Å²) in [6.45, 7) is 1.92. The first-order chi connectivity index (χ1) is 12.2. The fraction of sp³-hybridized carbons (Fsp3) is 0.0556. The molecule has 0 aliphatic heterocycles. The molecule has 0 fully saturated rings. The number of oxazole rings is 1. The first kappa shape index (κ1) is 14.9. The van der Waals surface area contributed by atoms with Crippen molar-refractivity contribution in [2.24, 2.45) is 0 Å². The number of aromatic amines is 1. The van der Waals surface area contributed by atoms with Crippen molar-refractivity contribution in [2.45, 2.75) is 6.92 Å². The van der Waals surface area contributed by atoms with Gasteiger partial charge in [0, 0.05) is 23.1 Å². The number of anilines is 4. The van der Waals surface area contributed by atoms with Crippen molar-refractivity contribution in [3.05, 3.63) is 70.8 Å². The van der Waals surface area contributed by atoms with E-state index in [0.717, 1.165) is 16.9 Å². The average molecular weight is 333 g/mol. The lowest BCUT2D eigenvalue weighted by Crippen LogP contribution is -2.02. The molecule has 124 valence electrons. The maximum absolute atomic E-state index is 11.3. The van der Waals surface area contributed by atoms with Crippen LogP contribution >= 0.6 is 0 Å². The fourth-order valence-corrected chi connectivity index (χ4v) is 2.45. The van der Waals surface area contributed by atoms with Gasteiger partial charge in [-0.2, -0.15) is 4.98 Å². The Balaban J connectivity index is 1.62. The molecular weight excluding hydrogens is 318 g/mol. The Morgan fingerprint density at radius 2 is 1.88 bits per heavy atom. The van der Waals surface area contributed by atoms with Gasteiger partial charge >= 0.3 is 5.76 Å². The molecule has 3 N–H and O–H groups in total. The zero-order chi connectivity index (χ0) is 17.2. The van der Waals surface area contributed by atoms with Crippen LogP contribution in [-0.2, 0) is 0 Å². The molecule has 0 saturated carbocycles. The highest BCUT2D eigenvalue weighted by Gasteiger charge is 2.07. The maximum atomic E-state index is 11.3. The highest BCUT2D eigenvalue weighted by molar-refractivity contribution is 5.78. The highest BCUT2D eigenvalue weighted by atomic mass is 16.4. The number of hydrogen-bond donors (Lipinski definition) is 3. The van der Waals surface area contributed by atoms with Crippen molar-refractivity contribution >= 4 is 34.2 Å². The Kier molecular flexibility index (Phi) is 3.66. The molecule has 0 saturated heterocycles. The smallest absolute Gasteiger partial charge is 0.408 e. The molecule has 4 aromatic rings. The largest absolute Gasteiger partial charge is 0.417 e. The van der Waals surface area contributed by atoms with Crippen molar-refractivity contribution in [3.63, 3.8) is 0 Å². The molecule has 0 spiro atoms. The number of hydrogen-bond acceptors (Lipinski definition) is 6. The lowest BCUT2D eigenvalue weighted by molar-refractivity contribution is 0.555. The van der Waals surface area contributed by atoms with E-state index in [9.17, 15) is 4.79 Å². The number of benzene rings is 2. The van der Waals surface area contributed by atoms with Gasteiger partial charge in [0.15, 0.2) is 5.58 Å². The lowest BCUT2D eigenvalue weighted by Gasteiger charge is -2.11. The number of fused-ring (bicyclic) bond motifs is 1. The summed E-state index contributed by atoms with van der Waals surface area (Å²) in [5, 5.41) is 6.41. The normalized spacial score (nSPS) is 10.8. The van der Waals surface area contributed by atoms with Gasteiger partial charge in [0.05, 0.1) is 5.52 Å². The van der Waals surface area contributed by atoms with E-state index in [1.165, 1.54) is 0 Å². The summed E-state index contributed by atoms with van der Waals surface area (Å²) in [6, 6.07) is 15.1. The van der Waals surface area contributed by atoms with Crippen LogP contribution in [-0.4, -0.2) is 15.0 Å². The van der Waals surface area contributed by atoms with Gasteiger partial charge in [0.2, 0.25) is 5.95 Å². The standard InChI is InChI=1S/C18H15N5O2/c1-11-10-19-17(21-12-5-3-2-4-6-12)23-16(11)20-13-7-8-15-14(9-13)22-18(24)25-15/h2-10H,1H3,(H,22,24)(H2,19,20,21,23). The van der Waals surface area contributed by atoms with Crippen LogP contribution in [0.2, 0.25) is 0 Å². The molecule has 0 amide bonds. The van der Waals surface area contributed by atoms with Gasteiger partial charge < -0.3 is 15.1 Å². The molecule has 25 heavy (non-hydrogen) atoms. The van der Waals surface area contributed by atoms with Crippen LogP contribution in [0.25, 0.3) is 11.1 Å². The molecule has 0 unspecified atom stereocenters. The first-order valence-corrected chi connectivity index (χ1v) is 7.73. The molecule has 0 radical (unpaired) electrons. The van der Waals surface area contributed by atoms with Crippen LogP contribution in [0.3, 0.4) is 0 Å². The number of para-hydroxylation sites is 1. The molecular formula is C18H15N5O2. The third-order valence-electron chi connectivity index (χ3n) is 3.68. The minimum absolute atomic E-state index is 0.472. The molecule has 0 aliphatic rings. The number of aryl methyl sites for hydroxylation is 1. The van der Waals surface area contributed by atoms with Crippen molar-refractivity contribution in [2.75, 3.05) is 10.6 Å². The topological polar surface area (TPSA) is 95.8 Å². The van der Waals surface area contributed by atoms with Crippen LogP contribution in [0.4, 0.5) is 23.1 Å². The predicted molar refractivity (Wildman–Crippen MR) is 96.6 cm³/mol.